The van der Waals surface area contributed by atoms with Crippen LogP contribution in [-0.2, 0) is 0 Å². The van der Waals surface area contributed by atoms with Crippen LogP contribution in [0.15, 0.2) is 199 Å². The molecular weight excluding hydrogens is 669 g/mol. The zero-order valence-corrected chi connectivity index (χ0v) is 29.8. The largest absolute Gasteiger partial charge is 0.456 e. The van der Waals surface area contributed by atoms with E-state index < -0.39 is 0 Å². The van der Waals surface area contributed by atoms with Crippen molar-refractivity contribution in [1.29, 1.82) is 0 Å². The third kappa shape index (κ3) is 4.50. The number of hydrogen-bond acceptors (Lipinski definition) is 1. The number of aromatic nitrogens is 2. The number of para-hydroxylation sites is 2. The van der Waals surface area contributed by atoms with E-state index in [-0.39, 0.29) is 0 Å². The second kappa shape index (κ2) is 11.6. The molecule has 55 heavy (non-hydrogen) atoms. The van der Waals surface area contributed by atoms with Gasteiger partial charge in [-0.3, -0.25) is 0 Å². The van der Waals surface area contributed by atoms with Gasteiger partial charge in [0.2, 0.25) is 0 Å². The molecule has 0 aliphatic rings. The maximum atomic E-state index is 6.37. The molecule has 0 saturated heterocycles. The molecule has 3 nitrogen and oxygen atoms in total. The Morgan fingerprint density at radius 2 is 0.836 bits per heavy atom. The van der Waals surface area contributed by atoms with Crippen LogP contribution in [0.25, 0.3) is 110 Å². The number of hydrogen-bond donors (Lipinski definition) is 0. The first-order valence-corrected chi connectivity index (χ1v) is 18.8. The SMILES string of the molecule is c1ccc(-c2ccc3c(c2)c2cc(-c4ccc5c(c4)c4cc6ccccc6cc4n5-c4ccccc4)ccc2n3-c2cccc3oc4ccccc4c23)cc1. The molecule has 0 N–H and O–H groups in total. The van der Waals surface area contributed by atoms with Crippen molar-refractivity contribution in [3.8, 4) is 33.6 Å². The van der Waals surface area contributed by atoms with Gasteiger partial charge in [0, 0.05) is 32.6 Å². The molecule has 0 fully saturated rings. The molecule has 0 spiro atoms. The maximum Gasteiger partial charge on any atom is 0.137 e. The van der Waals surface area contributed by atoms with Gasteiger partial charge in [0.05, 0.1) is 33.1 Å². The van der Waals surface area contributed by atoms with E-state index in [1.807, 2.05) is 6.07 Å². The molecule has 3 heterocycles. The second-order valence-electron chi connectivity index (χ2n) is 14.5. The van der Waals surface area contributed by atoms with E-state index in [0.29, 0.717) is 0 Å². The summed E-state index contributed by atoms with van der Waals surface area (Å²) >= 11 is 0. The minimum Gasteiger partial charge on any atom is -0.456 e. The van der Waals surface area contributed by atoms with E-state index in [1.165, 1.54) is 65.6 Å². The lowest BCUT2D eigenvalue weighted by Crippen LogP contribution is -1.94. The van der Waals surface area contributed by atoms with Gasteiger partial charge in [0.1, 0.15) is 11.2 Å². The molecule has 0 radical (unpaired) electrons. The second-order valence-corrected chi connectivity index (χ2v) is 14.5. The number of nitrogens with zero attached hydrogens (tertiary/aromatic N) is 2. The number of furan rings is 1. The third-order valence-corrected chi connectivity index (χ3v) is 11.5. The Kier molecular flexibility index (Phi) is 6.34. The third-order valence-electron chi connectivity index (χ3n) is 11.5. The molecule has 0 aliphatic carbocycles. The fraction of sp³-hybridized carbons (Fsp3) is 0. The average Bonchev–Trinajstić information content (AvgIpc) is 3.90. The zero-order chi connectivity index (χ0) is 36.0. The van der Waals surface area contributed by atoms with Gasteiger partial charge in [-0.25, -0.2) is 0 Å². The summed E-state index contributed by atoms with van der Waals surface area (Å²) in [7, 11) is 0. The minimum absolute atomic E-state index is 0.891. The summed E-state index contributed by atoms with van der Waals surface area (Å²) in [6.07, 6.45) is 0. The van der Waals surface area contributed by atoms with Crippen LogP contribution in [0.1, 0.15) is 0 Å². The maximum absolute atomic E-state index is 6.37. The van der Waals surface area contributed by atoms with Crippen molar-refractivity contribution in [2.24, 2.45) is 0 Å². The minimum atomic E-state index is 0.891. The van der Waals surface area contributed by atoms with E-state index in [1.54, 1.807) is 0 Å². The van der Waals surface area contributed by atoms with Gasteiger partial charge in [-0.1, -0.05) is 115 Å². The van der Waals surface area contributed by atoms with Gasteiger partial charge in [-0.2, -0.15) is 0 Å². The first kappa shape index (κ1) is 30.1. The van der Waals surface area contributed by atoms with Crippen LogP contribution in [0.5, 0.6) is 0 Å². The van der Waals surface area contributed by atoms with E-state index in [0.717, 1.165) is 44.3 Å². The van der Waals surface area contributed by atoms with Crippen molar-refractivity contribution in [3.05, 3.63) is 194 Å². The van der Waals surface area contributed by atoms with E-state index in [4.69, 9.17) is 4.42 Å². The van der Waals surface area contributed by atoms with E-state index in [2.05, 4.69) is 197 Å². The van der Waals surface area contributed by atoms with Gasteiger partial charge >= 0.3 is 0 Å². The van der Waals surface area contributed by atoms with E-state index in [9.17, 15) is 0 Å². The zero-order valence-electron chi connectivity index (χ0n) is 29.8. The van der Waals surface area contributed by atoms with Crippen LogP contribution in [0.4, 0.5) is 0 Å². The molecule has 0 atom stereocenters. The Hall–Kier alpha value is -7.36. The molecule has 0 bridgehead atoms. The van der Waals surface area contributed by atoms with Crippen LogP contribution >= 0.6 is 0 Å². The Morgan fingerprint density at radius 3 is 1.53 bits per heavy atom. The van der Waals surface area contributed by atoms with Gasteiger partial charge < -0.3 is 13.6 Å². The van der Waals surface area contributed by atoms with Crippen molar-refractivity contribution in [3.63, 3.8) is 0 Å². The highest BCUT2D eigenvalue weighted by Crippen LogP contribution is 2.42. The Balaban J connectivity index is 1.12. The highest BCUT2D eigenvalue weighted by atomic mass is 16.3. The first-order valence-electron chi connectivity index (χ1n) is 18.8. The van der Waals surface area contributed by atoms with Crippen molar-refractivity contribution in [2.45, 2.75) is 0 Å². The summed E-state index contributed by atoms with van der Waals surface area (Å²) in [5.41, 5.74) is 13.6. The molecule has 9 aromatic carbocycles. The predicted octanol–water partition coefficient (Wildman–Crippen LogP) is 14.3. The van der Waals surface area contributed by atoms with Gasteiger partial charge in [0.25, 0.3) is 0 Å². The highest BCUT2D eigenvalue weighted by Gasteiger charge is 2.20. The fourth-order valence-electron chi connectivity index (χ4n) is 8.96. The van der Waals surface area contributed by atoms with Crippen molar-refractivity contribution >= 4 is 76.3 Å². The summed E-state index contributed by atoms with van der Waals surface area (Å²) in [5, 5.41) is 9.67. The molecule has 3 heteroatoms. The normalized spacial score (nSPS) is 12.0. The molecule has 12 rings (SSSR count). The van der Waals surface area contributed by atoms with Crippen LogP contribution in [0.3, 0.4) is 0 Å². The van der Waals surface area contributed by atoms with Crippen LogP contribution < -0.4 is 0 Å². The highest BCUT2D eigenvalue weighted by molar-refractivity contribution is 6.17. The molecule has 3 aromatic heterocycles. The average molecular weight is 701 g/mol. The molecule has 0 amide bonds. The summed E-state index contributed by atoms with van der Waals surface area (Å²) in [6, 6.07) is 70.4. The predicted molar refractivity (Wildman–Crippen MR) is 231 cm³/mol. The van der Waals surface area contributed by atoms with Crippen molar-refractivity contribution in [2.75, 3.05) is 0 Å². The molecule has 0 saturated carbocycles. The Labute approximate surface area is 316 Å². The van der Waals surface area contributed by atoms with Gasteiger partial charge in [0.15, 0.2) is 0 Å². The van der Waals surface area contributed by atoms with Crippen LogP contribution in [0, 0.1) is 0 Å². The molecule has 0 aliphatic heterocycles. The lowest BCUT2D eigenvalue weighted by Gasteiger charge is -2.11. The smallest absolute Gasteiger partial charge is 0.137 e. The molecule has 0 unspecified atom stereocenters. The van der Waals surface area contributed by atoms with E-state index >= 15 is 0 Å². The Bertz CT molecular complexity index is 3470. The quantitative estimate of drug-likeness (QED) is 0.179. The monoisotopic (exact) mass is 700 g/mol. The van der Waals surface area contributed by atoms with Crippen LogP contribution in [0.2, 0.25) is 0 Å². The molecular formula is C52H32N2O. The van der Waals surface area contributed by atoms with Gasteiger partial charge in [-0.05, 0) is 112 Å². The fourth-order valence-corrected chi connectivity index (χ4v) is 8.96. The summed E-state index contributed by atoms with van der Waals surface area (Å²) < 4.78 is 11.2. The van der Waals surface area contributed by atoms with Crippen molar-refractivity contribution in [1.82, 2.24) is 9.13 Å². The number of fused-ring (bicyclic) bond motifs is 10. The van der Waals surface area contributed by atoms with Gasteiger partial charge in [-0.15, -0.1) is 0 Å². The summed E-state index contributed by atoms with van der Waals surface area (Å²) in [5.74, 6) is 0. The lowest BCUT2D eigenvalue weighted by atomic mass is 9.99. The molecule has 256 valence electrons. The lowest BCUT2D eigenvalue weighted by molar-refractivity contribution is 0.669. The Morgan fingerprint density at radius 1 is 0.309 bits per heavy atom. The first-order chi connectivity index (χ1) is 27.3. The van der Waals surface area contributed by atoms with Crippen molar-refractivity contribution < 1.29 is 4.42 Å². The number of benzene rings is 9. The molecule has 12 aromatic rings. The standard InChI is InChI=1S/C52H32N2O/c1-3-12-33(13-4-1)36-22-26-46-41(29-36)42-30-38(24-27-47(42)54(46)48-19-11-21-51-52(48)40-18-9-10-20-50(40)55-51)37-23-25-45-43(31-37)44-28-34-14-7-8-15-35(34)32-49(44)53(45)39-16-5-2-6-17-39/h1-32H. The number of rotatable bonds is 4. The summed E-state index contributed by atoms with van der Waals surface area (Å²) in [6.45, 7) is 0. The summed E-state index contributed by atoms with van der Waals surface area (Å²) in [4.78, 5) is 0. The van der Waals surface area contributed by atoms with Crippen LogP contribution in [-0.4, -0.2) is 9.13 Å². The topological polar surface area (TPSA) is 23.0 Å².